The second kappa shape index (κ2) is 6.73. The van der Waals surface area contributed by atoms with Gasteiger partial charge < -0.3 is 10.6 Å². The average Bonchev–Trinajstić information content (AvgIpc) is 3.11. The molecule has 0 bridgehead atoms. The van der Waals surface area contributed by atoms with Crippen LogP contribution in [-0.4, -0.2) is 25.2 Å². The minimum atomic E-state index is 0.745. The van der Waals surface area contributed by atoms with Gasteiger partial charge in [-0.2, -0.15) is 0 Å². The van der Waals surface area contributed by atoms with Crippen LogP contribution in [0.5, 0.6) is 0 Å². The molecule has 3 rings (SSSR count). The second-order valence-corrected chi connectivity index (χ2v) is 6.53. The average molecular weight is 272 g/mol. The Balaban J connectivity index is 1.49. The fourth-order valence-electron chi connectivity index (χ4n) is 4.08. The van der Waals surface area contributed by atoms with Crippen LogP contribution < -0.4 is 10.6 Å². The van der Waals surface area contributed by atoms with Crippen LogP contribution in [0.4, 0.5) is 0 Å². The summed E-state index contributed by atoms with van der Waals surface area (Å²) in [5.74, 6) is 0.870. The first-order valence-corrected chi connectivity index (χ1v) is 8.36. The van der Waals surface area contributed by atoms with Crippen LogP contribution in [-0.2, 0) is 6.42 Å². The van der Waals surface area contributed by atoms with E-state index in [-0.39, 0.29) is 0 Å². The quantitative estimate of drug-likeness (QED) is 0.861. The molecule has 1 aromatic carbocycles. The highest BCUT2D eigenvalue weighted by molar-refractivity contribution is 5.25. The minimum Gasteiger partial charge on any atom is -0.314 e. The molecule has 1 saturated carbocycles. The van der Waals surface area contributed by atoms with Crippen LogP contribution in [0.2, 0.25) is 0 Å². The molecule has 2 heteroatoms. The van der Waals surface area contributed by atoms with Crippen molar-refractivity contribution in [3.8, 4) is 0 Å². The molecule has 0 amide bonds. The molecule has 1 aliphatic heterocycles. The highest BCUT2D eigenvalue weighted by atomic mass is 15.0. The van der Waals surface area contributed by atoms with Crippen LogP contribution >= 0.6 is 0 Å². The number of hydrogen-bond donors (Lipinski definition) is 2. The molecular weight excluding hydrogens is 244 g/mol. The largest absolute Gasteiger partial charge is 0.314 e. The summed E-state index contributed by atoms with van der Waals surface area (Å²) >= 11 is 0. The van der Waals surface area contributed by atoms with E-state index in [0.717, 1.165) is 31.0 Å². The topological polar surface area (TPSA) is 24.1 Å². The van der Waals surface area contributed by atoms with E-state index in [2.05, 4.69) is 41.8 Å². The summed E-state index contributed by atoms with van der Waals surface area (Å²) in [7, 11) is 0. The Morgan fingerprint density at radius 2 is 2.05 bits per heavy atom. The van der Waals surface area contributed by atoms with Crippen molar-refractivity contribution >= 4 is 0 Å². The molecule has 1 aliphatic carbocycles. The van der Waals surface area contributed by atoms with E-state index in [1.165, 1.54) is 49.8 Å². The summed E-state index contributed by atoms with van der Waals surface area (Å²) in [4.78, 5) is 0. The molecule has 0 aromatic heterocycles. The standard InChI is InChI=1S/C18H28N2/c1-14-6-2-3-7-15(14)11-13-20-17-9-4-8-16(17)18-10-5-12-19-18/h2-3,6-7,16-20H,4-5,8-13H2,1H3. The van der Waals surface area contributed by atoms with Gasteiger partial charge in [-0.05, 0) is 69.2 Å². The molecule has 0 spiro atoms. The summed E-state index contributed by atoms with van der Waals surface area (Å²) < 4.78 is 0. The van der Waals surface area contributed by atoms with Crippen molar-refractivity contribution in [1.82, 2.24) is 10.6 Å². The summed E-state index contributed by atoms with van der Waals surface area (Å²) in [6.45, 7) is 4.58. The lowest BCUT2D eigenvalue weighted by molar-refractivity contribution is 0.322. The first-order chi connectivity index (χ1) is 9.84. The molecule has 3 unspecified atom stereocenters. The summed E-state index contributed by atoms with van der Waals surface area (Å²) in [6, 6.07) is 10.3. The molecular formula is C18H28N2. The molecule has 2 aliphatic rings. The zero-order valence-electron chi connectivity index (χ0n) is 12.7. The van der Waals surface area contributed by atoms with Crippen molar-refractivity contribution in [1.29, 1.82) is 0 Å². The lowest BCUT2D eigenvalue weighted by Crippen LogP contribution is -2.42. The van der Waals surface area contributed by atoms with Gasteiger partial charge in [-0.3, -0.25) is 0 Å². The molecule has 1 saturated heterocycles. The maximum absolute atomic E-state index is 3.84. The van der Waals surface area contributed by atoms with Crippen molar-refractivity contribution in [2.24, 2.45) is 5.92 Å². The van der Waals surface area contributed by atoms with E-state index in [0.29, 0.717) is 0 Å². The SMILES string of the molecule is Cc1ccccc1CCNC1CCCC1C1CCCN1. The maximum atomic E-state index is 3.84. The second-order valence-electron chi connectivity index (χ2n) is 6.53. The minimum absolute atomic E-state index is 0.745. The fourth-order valence-corrected chi connectivity index (χ4v) is 4.08. The van der Waals surface area contributed by atoms with Gasteiger partial charge in [-0.25, -0.2) is 0 Å². The smallest absolute Gasteiger partial charge is 0.0111 e. The van der Waals surface area contributed by atoms with Gasteiger partial charge in [0.15, 0.2) is 0 Å². The van der Waals surface area contributed by atoms with Gasteiger partial charge in [-0.1, -0.05) is 30.7 Å². The third-order valence-electron chi connectivity index (χ3n) is 5.25. The van der Waals surface area contributed by atoms with Crippen molar-refractivity contribution in [2.75, 3.05) is 13.1 Å². The summed E-state index contributed by atoms with van der Waals surface area (Å²) in [5, 5.41) is 7.55. The van der Waals surface area contributed by atoms with Crippen LogP contribution in [0, 0.1) is 12.8 Å². The Morgan fingerprint density at radius 3 is 2.85 bits per heavy atom. The van der Waals surface area contributed by atoms with Gasteiger partial charge in [0.2, 0.25) is 0 Å². The van der Waals surface area contributed by atoms with Crippen LogP contribution in [0.15, 0.2) is 24.3 Å². The molecule has 20 heavy (non-hydrogen) atoms. The fraction of sp³-hybridized carbons (Fsp3) is 0.667. The van der Waals surface area contributed by atoms with Crippen LogP contribution in [0.25, 0.3) is 0 Å². The lowest BCUT2D eigenvalue weighted by atomic mass is 9.93. The van der Waals surface area contributed by atoms with Gasteiger partial charge in [0.05, 0.1) is 0 Å². The zero-order chi connectivity index (χ0) is 13.8. The first-order valence-electron chi connectivity index (χ1n) is 8.36. The molecule has 1 aromatic rings. The summed E-state index contributed by atoms with van der Waals surface area (Å²) in [6.07, 6.45) is 8.12. The van der Waals surface area contributed by atoms with Crippen molar-refractivity contribution < 1.29 is 0 Å². The molecule has 2 N–H and O–H groups in total. The van der Waals surface area contributed by atoms with Gasteiger partial charge >= 0.3 is 0 Å². The molecule has 3 atom stereocenters. The Labute approximate surface area is 123 Å². The van der Waals surface area contributed by atoms with Crippen molar-refractivity contribution in [3.63, 3.8) is 0 Å². The zero-order valence-corrected chi connectivity index (χ0v) is 12.7. The molecule has 0 radical (unpaired) electrons. The van der Waals surface area contributed by atoms with Crippen molar-refractivity contribution in [2.45, 2.75) is 57.5 Å². The van der Waals surface area contributed by atoms with Crippen LogP contribution in [0.1, 0.15) is 43.2 Å². The first kappa shape index (κ1) is 14.1. The number of hydrogen-bond acceptors (Lipinski definition) is 2. The third kappa shape index (κ3) is 3.24. The maximum Gasteiger partial charge on any atom is 0.0111 e. The number of benzene rings is 1. The monoisotopic (exact) mass is 272 g/mol. The van der Waals surface area contributed by atoms with E-state index < -0.39 is 0 Å². The number of aryl methyl sites for hydroxylation is 1. The lowest BCUT2D eigenvalue weighted by Gasteiger charge is -2.26. The van der Waals surface area contributed by atoms with E-state index in [4.69, 9.17) is 0 Å². The summed E-state index contributed by atoms with van der Waals surface area (Å²) in [5.41, 5.74) is 2.92. The molecule has 2 nitrogen and oxygen atoms in total. The Morgan fingerprint density at radius 1 is 1.15 bits per heavy atom. The molecule has 1 heterocycles. The number of nitrogens with one attached hydrogen (secondary N) is 2. The highest BCUT2D eigenvalue weighted by Gasteiger charge is 2.34. The Hall–Kier alpha value is -0.860. The predicted octanol–water partition coefficient (Wildman–Crippen LogP) is 3.05. The van der Waals surface area contributed by atoms with Gasteiger partial charge in [0.1, 0.15) is 0 Å². The molecule has 110 valence electrons. The Kier molecular flexibility index (Phi) is 4.74. The van der Waals surface area contributed by atoms with Crippen molar-refractivity contribution in [3.05, 3.63) is 35.4 Å². The predicted molar refractivity (Wildman–Crippen MR) is 85.0 cm³/mol. The van der Waals surface area contributed by atoms with Gasteiger partial charge in [0.25, 0.3) is 0 Å². The van der Waals surface area contributed by atoms with Gasteiger partial charge in [-0.15, -0.1) is 0 Å². The highest BCUT2D eigenvalue weighted by Crippen LogP contribution is 2.31. The molecule has 2 fully saturated rings. The Bertz CT molecular complexity index is 423. The van der Waals surface area contributed by atoms with E-state index in [9.17, 15) is 0 Å². The normalized spacial score (nSPS) is 29.9. The van der Waals surface area contributed by atoms with E-state index in [1.54, 1.807) is 0 Å². The van der Waals surface area contributed by atoms with Crippen LogP contribution in [0.3, 0.4) is 0 Å². The third-order valence-corrected chi connectivity index (χ3v) is 5.25. The van der Waals surface area contributed by atoms with E-state index >= 15 is 0 Å². The van der Waals surface area contributed by atoms with Gasteiger partial charge in [0, 0.05) is 12.1 Å². The van der Waals surface area contributed by atoms with E-state index in [1.807, 2.05) is 0 Å². The number of rotatable bonds is 5.